The maximum Gasteiger partial charge on any atom is 0.156 e. The van der Waals surface area contributed by atoms with Crippen LogP contribution in [0.25, 0.3) is 5.65 Å². The van der Waals surface area contributed by atoms with Crippen LogP contribution in [0.4, 0.5) is 0 Å². The number of halogens is 1. The molecule has 3 nitrogen and oxygen atoms in total. The summed E-state index contributed by atoms with van der Waals surface area (Å²) in [5, 5.41) is 4.47. The minimum atomic E-state index is 0.758. The van der Waals surface area contributed by atoms with Crippen LogP contribution >= 0.6 is 15.9 Å². The maximum absolute atomic E-state index is 4.53. The highest BCUT2D eigenvalue weighted by Crippen LogP contribution is 2.13. The number of fused-ring (bicyclic) bond motifs is 1. The molecule has 2 heterocycles. The van der Waals surface area contributed by atoms with Gasteiger partial charge in [0.25, 0.3) is 0 Å². The minimum absolute atomic E-state index is 0.758. The lowest BCUT2D eigenvalue weighted by molar-refractivity contribution is 0.898. The Morgan fingerprint density at radius 1 is 1.17 bits per heavy atom. The van der Waals surface area contributed by atoms with Crippen molar-refractivity contribution in [3.8, 4) is 0 Å². The molecular formula is C14H12BrN3. The first-order valence-corrected chi connectivity index (χ1v) is 6.56. The molecular weight excluding hydrogens is 290 g/mol. The molecule has 0 bridgehead atoms. The van der Waals surface area contributed by atoms with Gasteiger partial charge in [-0.2, -0.15) is 5.10 Å². The number of rotatable bonds is 2. The average molecular weight is 302 g/mol. The first-order valence-electron chi connectivity index (χ1n) is 5.77. The van der Waals surface area contributed by atoms with Gasteiger partial charge in [-0.1, -0.05) is 28.1 Å². The number of hydrogen-bond acceptors (Lipinski definition) is 2. The second kappa shape index (κ2) is 4.53. The number of nitrogens with zero attached hydrogens (tertiary/aromatic N) is 3. The molecule has 90 valence electrons. The van der Waals surface area contributed by atoms with Gasteiger partial charge in [0.2, 0.25) is 0 Å². The molecule has 0 N–H and O–H groups in total. The van der Waals surface area contributed by atoms with E-state index in [1.807, 2.05) is 35.0 Å². The topological polar surface area (TPSA) is 30.2 Å². The smallest absolute Gasteiger partial charge is 0.156 e. The first-order chi connectivity index (χ1) is 8.70. The predicted octanol–water partition coefficient (Wildman–Crippen LogP) is 3.39. The van der Waals surface area contributed by atoms with Crippen LogP contribution in [0.5, 0.6) is 0 Å². The third-order valence-electron chi connectivity index (χ3n) is 2.81. The summed E-state index contributed by atoms with van der Waals surface area (Å²) in [4.78, 5) is 4.53. The van der Waals surface area contributed by atoms with Crippen LogP contribution in [-0.2, 0) is 6.42 Å². The van der Waals surface area contributed by atoms with E-state index in [9.17, 15) is 0 Å². The molecule has 4 heteroatoms. The first kappa shape index (κ1) is 11.4. The van der Waals surface area contributed by atoms with Gasteiger partial charge in [-0.15, -0.1) is 0 Å². The molecule has 0 spiro atoms. The number of hydrogen-bond donors (Lipinski definition) is 0. The molecule has 0 aliphatic carbocycles. The molecule has 0 aliphatic rings. The molecule has 3 aromatic rings. The molecule has 3 rings (SSSR count). The number of benzene rings is 1. The third-order valence-corrected chi connectivity index (χ3v) is 3.34. The van der Waals surface area contributed by atoms with Crippen molar-refractivity contribution < 1.29 is 0 Å². The summed E-state index contributed by atoms with van der Waals surface area (Å²) in [6.45, 7) is 2.06. The van der Waals surface area contributed by atoms with Crippen molar-refractivity contribution in [1.82, 2.24) is 14.6 Å². The van der Waals surface area contributed by atoms with Crippen molar-refractivity contribution in [3.63, 3.8) is 0 Å². The van der Waals surface area contributed by atoms with Crippen molar-refractivity contribution in [1.29, 1.82) is 0 Å². The molecule has 0 fully saturated rings. The summed E-state index contributed by atoms with van der Waals surface area (Å²) >= 11 is 3.43. The van der Waals surface area contributed by atoms with E-state index in [1.165, 1.54) is 11.1 Å². The van der Waals surface area contributed by atoms with Crippen molar-refractivity contribution >= 4 is 21.6 Å². The van der Waals surface area contributed by atoms with Crippen LogP contribution in [0.2, 0.25) is 0 Å². The summed E-state index contributed by atoms with van der Waals surface area (Å²) in [5.74, 6) is 0.850. The molecule has 18 heavy (non-hydrogen) atoms. The van der Waals surface area contributed by atoms with Crippen molar-refractivity contribution in [3.05, 3.63) is 64.0 Å². The van der Waals surface area contributed by atoms with Gasteiger partial charge in [0, 0.05) is 17.1 Å². The fourth-order valence-corrected chi connectivity index (χ4v) is 2.15. The number of aryl methyl sites for hydroxylation is 1. The summed E-state index contributed by atoms with van der Waals surface area (Å²) in [6.07, 6.45) is 2.71. The number of pyridine rings is 1. The lowest BCUT2D eigenvalue weighted by Gasteiger charge is -1.96. The van der Waals surface area contributed by atoms with Gasteiger partial charge in [-0.05, 0) is 42.3 Å². The van der Waals surface area contributed by atoms with Crippen molar-refractivity contribution in [2.75, 3.05) is 0 Å². The van der Waals surface area contributed by atoms with Crippen molar-refractivity contribution in [2.24, 2.45) is 0 Å². The summed E-state index contributed by atoms with van der Waals surface area (Å²) < 4.78 is 2.91. The van der Waals surface area contributed by atoms with Gasteiger partial charge in [-0.3, -0.25) is 0 Å². The zero-order valence-corrected chi connectivity index (χ0v) is 11.6. The van der Waals surface area contributed by atoms with E-state index in [-0.39, 0.29) is 0 Å². The van der Waals surface area contributed by atoms with Crippen LogP contribution in [-0.4, -0.2) is 14.6 Å². The van der Waals surface area contributed by atoms with E-state index < -0.39 is 0 Å². The van der Waals surface area contributed by atoms with Crippen LogP contribution in [0, 0.1) is 6.92 Å². The Labute approximate surface area is 114 Å². The summed E-state index contributed by atoms with van der Waals surface area (Å²) in [7, 11) is 0. The molecule has 0 saturated heterocycles. The van der Waals surface area contributed by atoms with Gasteiger partial charge in [-0.25, -0.2) is 9.50 Å². The molecule has 0 amide bonds. The monoisotopic (exact) mass is 301 g/mol. The van der Waals surface area contributed by atoms with Crippen molar-refractivity contribution in [2.45, 2.75) is 13.3 Å². The van der Waals surface area contributed by atoms with Gasteiger partial charge in [0.05, 0.1) is 0 Å². The largest absolute Gasteiger partial charge is 0.221 e. The summed E-state index contributed by atoms with van der Waals surface area (Å²) in [6, 6.07) is 12.3. The zero-order valence-electron chi connectivity index (χ0n) is 9.97. The highest BCUT2D eigenvalue weighted by molar-refractivity contribution is 9.10. The standard InChI is InChI=1S/C14H12BrN3/c1-10-6-7-18-14(8-10)16-13(17-18)9-11-2-4-12(15)5-3-11/h2-8H,9H2,1H3. The lowest BCUT2D eigenvalue weighted by Crippen LogP contribution is -1.91. The van der Waals surface area contributed by atoms with E-state index in [4.69, 9.17) is 0 Å². The van der Waals surface area contributed by atoms with Gasteiger partial charge >= 0.3 is 0 Å². The highest BCUT2D eigenvalue weighted by atomic mass is 79.9. The van der Waals surface area contributed by atoms with Crippen LogP contribution < -0.4 is 0 Å². The molecule has 0 saturated carbocycles. The van der Waals surface area contributed by atoms with E-state index in [0.717, 1.165) is 22.4 Å². The Balaban J connectivity index is 1.92. The SMILES string of the molecule is Cc1ccn2nc(Cc3ccc(Br)cc3)nc2c1. The number of aromatic nitrogens is 3. The Morgan fingerprint density at radius 2 is 1.94 bits per heavy atom. The Morgan fingerprint density at radius 3 is 2.72 bits per heavy atom. The molecule has 0 aliphatic heterocycles. The normalized spacial score (nSPS) is 11.0. The van der Waals surface area contributed by atoms with E-state index >= 15 is 0 Å². The molecule has 0 unspecified atom stereocenters. The van der Waals surface area contributed by atoms with Gasteiger partial charge in [0.1, 0.15) is 0 Å². The van der Waals surface area contributed by atoms with E-state index in [0.29, 0.717) is 0 Å². The third kappa shape index (κ3) is 2.29. The van der Waals surface area contributed by atoms with E-state index in [2.05, 4.69) is 45.1 Å². The maximum atomic E-state index is 4.53. The highest BCUT2D eigenvalue weighted by Gasteiger charge is 2.04. The van der Waals surface area contributed by atoms with Crippen LogP contribution in [0.15, 0.2) is 47.1 Å². The molecule has 2 aromatic heterocycles. The Hall–Kier alpha value is -1.68. The zero-order chi connectivity index (χ0) is 12.5. The second-order valence-corrected chi connectivity index (χ2v) is 5.25. The van der Waals surface area contributed by atoms with Gasteiger partial charge < -0.3 is 0 Å². The molecule has 0 atom stereocenters. The average Bonchev–Trinajstić information content (AvgIpc) is 2.73. The quantitative estimate of drug-likeness (QED) is 0.726. The fourth-order valence-electron chi connectivity index (χ4n) is 1.89. The minimum Gasteiger partial charge on any atom is -0.221 e. The lowest BCUT2D eigenvalue weighted by atomic mass is 10.1. The van der Waals surface area contributed by atoms with Crippen LogP contribution in [0.1, 0.15) is 17.0 Å². The Bertz CT molecular complexity index is 686. The molecule has 1 aromatic carbocycles. The van der Waals surface area contributed by atoms with E-state index in [1.54, 1.807) is 0 Å². The molecule has 0 radical (unpaired) electrons. The Kier molecular flexibility index (Phi) is 2.88. The fraction of sp³-hybridized carbons (Fsp3) is 0.143. The van der Waals surface area contributed by atoms with Gasteiger partial charge in [0.15, 0.2) is 11.5 Å². The van der Waals surface area contributed by atoms with Crippen LogP contribution in [0.3, 0.4) is 0 Å². The second-order valence-electron chi connectivity index (χ2n) is 4.34. The summed E-state index contributed by atoms with van der Waals surface area (Å²) in [5.41, 5.74) is 3.32. The predicted molar refractivity (Wildman–Crippen MR) is 74.7 cm³/mol.